The number of halogens is 2. The Labute approximate surface area is 140 Å². The molecule has 1 aliphatic rings. The van der Waals surface area contributed by atoms with Crippen molar-refractivity contribution in [2.24, 2.45) is 0 Å². The Bertz CT molecular complexity index is 537. The van der Waals surface area contributed by atoms with Gasteiger partial charge in [0, 0.05) is 32.7 Å². The van der Waals surface area contributed by atoms with Crippen LogP contribution in [0.2, 0.25) is 0 Å². The second-order valence-corrected chi connectivity index (χ2v) is 5.49. The van der Waals surface area contributed by atoms with E-state index in [0.717, 1.165) is 31.7 Å². The SMILES string of the molecule is COc1cc(CCNC(=O)CN2CCNCC2)ccc1OC(F)F. The summed E-state index contributed by atoms with van der Waals surface area (Å²) in [7, 11) is 1.40. The number of piperazine rings is 1. The summed E-state index contributed by atoms with van der Waals surface area (Å²) in [6, 6.07) is 4.77. The number of hydrogen-bond acceptors (Lipinski definition) is 5. The fourth-order valence-corrected chi connectivity index (χ4v) is 2.54. The van der Waals surface area contributed by atoms with Gasteiger partial charge < -0.3 is 20.1 Å². The number of nitrogens with one attached hydrogen (secondary N) is 2. The van der Waals surface area contributed by atoms with E-state index in [1.54, 1.807) is 12.1 Å². The van der Waals surface area contributed by atoms with Crippen LogP contribution in [-0.2, 0) is 11.2 Å². The lowest BCUT2D eigenvalue weighted by Crippen LogP contribution is -2.47. The molecule has 1 amide bonds. The first-order valence-electron chi connectivity index (χ1n) is 7.90. The third-order valence-electron chi connectivity index (χ3n) is 3.76. The Balaban J connectivity index is 1.77. The summed E-state index contributed by atoms with van der Waals surface area (Å²) in [4.78, 5) is 14.0. The third-order valence-corrected chi connectivity index (χ3v) is 3.76. The molecule has 0 aliphatic carbocycles. The molecule has 1 aromatic carbocycles. The molecule has 1 aromatic rings. The van der Waals surface area contributed by atoms with Crippen molar-refractivity contribution in [1.29, 1.82) is 0 Å². The zero-order valence-electron chi connectivity index (χ0n) is 13.7. The summed E-state index contributed by atoms with van der Waals surface area (Å²) in [6.45, 7) is 1.52. The molecule has 24 heavy (non-hydrogen) atoms. The smallest absolute Gasteiger partial charge is 0.387 e. The first-order chi connectivity index (χ1) is 11.6. The maximum atomic E-state index is 12.3. The van der Waals surface area contributed by atoms with E-state index in [9.17, 15) is 13.6 Å². The van der Waals surface area contributed by atoms with E-state index in [2.05, 4.69) is 20.3 Å². The van der Waals surface area contributed by atoms with Crippen molar-refractivity contribution in [1.82, 2.24) is 15.5 Å². The number of carbonyl (C=O) groups excluding carboxylic acids is 1. The first kappa shape index (κ1) is 18.4. The van der Waals surface area contributed by atoms with E-state index in [4.69, 9.17) is 4.74 Å². The largest absolute Gasteiger partial charge is 0.493 e. The van der Waals surface area contributed by atoms with Gasteiger partial charge in [-0.1, -0.05) is 6.07 Å². The molecule has 1 heterocycles. The molecule has 0 saturated carbocycles. The van der Waals surface area contributed by atoms with Gasteiger partial charge in [0.05, 0.1) is 13.7 Å². The molecule has 2 N–H and O–H groups in total. The number of hydrogen-bond donors (Lipinski definition) is 2. The standard InChI is InChI=1S/C16H23F2N3O3/c1-23-14-10-12(2-3-13(14)24-16(17)18)4-5-20-15(22)11-21-8-6-19-7-9-21/h2-3,10,16,19H,4-9,11H2,1H3,(H,20,22). The molecule has 0 unspecified atom stereocenters. The van der Waals surface area contributed by atoms with Gasteiger partial charge in [0.2, 0.25) is 5.91 Å². The van der Waals surface area contributed by atoms with Gasteiger partial charge in [0.1, 0.15) is 0 Å². The minimum Gasteiger partial charge on any atom is -0.493 e. The molecule has 0 radical (unpaired) electrons. The topological polar surface area (TPSA) is 62.8 Å². The van der Waals surface area contributed by atoms with Crippen LogP contribution in [-0.4, -0.2) is 63.8 Å². The van der Waals surface area contributed by atoms with Crippen LogP contribution in [0.4, 0.5) is 8.78 Å². The van der Waals surface area contributed by atoms with Crippen LogP contribution in [0.15, 0.2) is 18.2 Å². The monoisotopic (exact) mass is 343 g/mol. The molecule has 0 bridgehead atoms. The molecule has 0 atom stereocenters. The van der Waals surface area contributed by atoms with Crippen LogP contribution in [0.25, 0.3) is 0 Å². The van der Waals surface area contributed by atoms with Gasteiger partial charge in [-0.25, -0.2) is 0 Å². The zero-order valence-corrected chi connectivity index (χ0v) is 13.7. The molecule has 6 nitrogen and oxygen atoms in total. The number of amides is 1. The van der Waals surface area contributed by atoms with Gasteiger partial charge in [0.25, 0.3) is 0 Å². The minimum atomic E-state index is -2.89. The maximum absolute atomic E-state index is 12.3. The molecule has 1 fully saturated rings. The van der Waals surface area contributed by atoms with E-state index in [0.29, 0.717) is 19.5 Å². The Morgan fingerprint density at radius 2 is 2.08 bits per heavy atom. The number of alkyl halides is 2. The maximum Gasteiger partial charge on any atom is 0.387 e. The summed E-state index contributed by atoms with van der Waals surface area (Å²) in [5, 5.41) is 6.11. The average molecular weight is 343 g/mol. The minimum absolute atomic E-state index is 0.000932. The highest BCUT2D eigenvalue weighted by molar-refractivity contribution is 5.78. The summed E-state index contributed by atoms with van der Waals surface area (Å²) < 4.78 is 34.0. The average Bonchev–Trinajstić information content (AvgIpc) is 2.56. The quantitative estimate of drug-likeness (QED) is 0.733. The molecule has 1 aliphatic heterocycles. The lowest BCUT2D eigenvalue weighted by atomic mass is 10.1. The fraction of sp³-hybridized carbons (Fsp3) is 0.562. The number of methoxy groups -OCH3 is 1. The highest BCUT2D eigenvalue weighted by Crippen LogP contribution is 2.29. The fourth-order valence-electron chi connectivity index (χ4n) is 2.54. The molecule has 2 rings (SSSR count). The zero-order chi connectivity index (χ0) is 17.4. The van der Waals surface area contributed by atoms with E-state index in [1.807, 2.05) is 0 Å². The van der Waals surface area contributed by atoms with Crippen LogP contribution in [0.5, 0.6) is 11.5 Å². The summed E-state index contributed by atoms with van der Waals surface area (Å²) in [5.74, 6) is 0.237. The van der Waals surface area contributed by atoms with Crippen LogP contribution >= 0.6 is 0 Å². The summed E-state index contributed by atoms with van der Waals surface area (Å²) in [5.41, 5.74) is 0.871. The normalized spacial score (nSPS) is 15.3. The Kier molecular flexibility index (Phi) is 7.20. The van der Waals surface area contributed by atoms with Crippen molar-refractivity contribution in [3.8, 4) is 11.5 Å². The van der Waals surface area contributed by atoms with E-state index in [1.165, 1.54) is 13.2 Å². The van der Waals surface area contributed by atoms with E-state index >= 15 is 0 Å². The van der Waals surface area contributed by atoms with Crippen LogP contribution in [0.1, 0.15) is 5.56 Å². The van der Waals surface area contributed by atoms with Crippen molar-refractivity contribution in [2.45, 2.75) is 13.0 Å². The number of benzene rings is 1. The van der Waals surface area contributed by atoms with Crippen molar-refractivity contribution in [3.05, 3.63) is 23.8 Å². The highest BCUT2D eigenvalue weighted by atomic mass is 19.3. The number of carbonyl (C=O) groups is 1. The summed E-state index contributed by atoms with van der Waals surface area (Å²) in [6.07, 6.45) is 0.582. The molecule has 1 saturated heterocycles. The number of ether oxygens (including phenoxy) is 2. The van der Waals surface area contributed by atoms with Gasteiger partial charge in [-0.05, 0) is 24.1 Å². The van der Waals surface area contributed by atoms with Crippen LogP contribution in [0, 0.1) is 0 Å². The van der Waals surface area contributed by atoms with Gasteiger partial charge in [0.15, 0.2) is 11.5 Å². The van der Waals surface area contributed by atoms with Crippen LogP contribution < -0.4 is 20.1 Å². The molecule has 0 spiro atoms. The van der Waals surface area contributed by atoms with Gasteiger partial charge in [-0.2, -0.15) is 8.78 Å². The van der Waals surface area contributed by atoms with Crippen molar-refractivity contribution in [2.75, 3.05) is 46.4 Å². The number of nitrogens with zero attached hydrogens (tertiary/aromatic N) is 1. The van der Waals surface area contributed by atoms with Gasteiger partial charge in [-0.3, -0.25) is 9.69 Å². The van der Waals surface area contributed by atoms with Crippen molar-refractivity contribution < 1.29 is 23.0 Å². The molecular formula is C16H23F2N3O3. The lowest BCUT2D eigenvalue weighted by molar-refractivity contribution is -0.122. The van der Waals surface area contributed by atoms with Crippen LogP contribution in [0.3, 0.4) is 0 Å². The second kappa shape index (κ2) is 9.39. The van der Waals surface area contributed by atoms with Gasteiger partial charge in [-0.15, -0.1) is 0 Å². The second-order valence-electron chi connectivity index (χ2n) is 5.49. The number of rotatable bonds is 8. The lowest BCUT2D eigenvalue weighted by Gasteiger charge is -2.26. The Morgan fingerprint density at radius 1 is 1.33 bits per heavy atom. The van der Waals surface area contributed by atoms with Gasteiger partial charge >= 0.3 is 6.61 Å². The molecule has 134 valence electrons. The molecular weight excluding hydrogens is 320 g/mol. The third kappa shape index (κ3) is 5.93. The summed E-state index contributed by atoms with van der Waals surface area (Å²) >= 11 is 0. The Morgan fingerprint density at radius 3 is 2.75 bits per heavy atom. The highest BCUT2D eigenvalue weighted by Gasteiger charge is 2.14. The van der Waals surface area contributed by atoms with E-state index < -0.39 is 6.61 Å². The predicted molar refractivity (Wildman–Crippen MR) is 85.6 cm³/mol. The Hall–Kier alpha value is -1.93. The predicted octanol–water partition coefficient (Wildman–Crippen LogP) is 0.861. The molecule has 8 heteroatoms. The molecule has 0 aromatic heterocycles. The van der Waals surface area contributed by atoms with Crippen molar-refractivity contribution >= 4 is 5.91 Å². The van der Waals surface area contributed by atoms with Crippen molar-refractivity contribution in [3.63, 3.8) is 0 Å². The van der Waals surface area contributed by atoms with E-state index in [-0.39, 0.29) is 17.4 Å². The first-order valence-corrected chi connectivity index (χ1v) is 7.90.